The highest BCUT2D eigenvalue weighted by Crippen LogP contribution is 2.38. The number of hydrogen-bond donors (Lipinski definition) is 3. The molecule has 0 aromatic heterocycles. The van der Waals surface area contributed by atoms with Crippen molar-refractivity contribution in [2.24, 2.45) is 11.8 Å². The molecule has 2 unspecified atom stereocenters. The molecular formula is C28H48N2O9. The van der Waals surface area contributed by atoms with Crippen molar-refractivity contribution in [1.29, 1.82) is 0 Å². The Bertz CT molecular complexity index is 789. The van der Waals surface area contributed by atoms with Crippen molar-refractivity contribution in [2.75, 3.05) is 6.61 Å². The Morgan fingerprint density at radius 3 is 2.38 bits per heavy atom. The fourth-order valence-corrected chi connectivity index (χ4v) is 4.91. The minimum atomic E-state index is -0.962. The SMILES string of the molecule is CCCCCCCC(=O)CC[C@@H]1[C@@H](C/C=C\CCCC(=O)NC(C)C(=O)OCC(C)O[N+](=O)[O-])[C@@H](O)C[C@H]1O. The van der Waals surface area contributed by atoms with E-state index in [1.165, 1.54) is 26.7 Å². The topological polar surface area (TPSA) is 165 Å². The van der Waals surface area contributed by atoms with E-state index in [1.807, 2.05) is 12.2 Å². The van der Waals surface area contributed by atoms with E-state index in [0.29, 0.717) is 44.9 Å². The summed E-state index contributed by atoms with van der Waals surface area (Å²) in [4.78, 5) is 50.8. The highest BCUT2D eigenvalue weighted by molar-refractivity contribution is 5.84. The molecule has 0 aromatic rings. The van der Waals surface area contributed by atoms with E-state index in [1.54, 1.807) is 0 Å². The lowest BCUT2D eigenvalue weighted by atomic mass is 9.86. The molecule has 0 bridgehead atoms. The van der Waals surface area contributed by atoms with Crippen molar-refractivity contribution in [1.82, 2.24) is 5.32 Å². The van der Waals surface area contributed by atoms with Crippen LogP contribution in [0.3, 0.4) is 0 Å². The van der Waals surface area contributed by atoms with Gasteiger partial charge < -0.3 is 25.1 Å². The highest BCUT2D eigenvalue weighted by Gasteiger charge is 2.40. The smallest absolute Gasteiger partial charge is 0.328 e. The van der Waals surface area contributed by atoms with Gasteiger partial charge in [-0.3, -0.25) is 9.59 Å². The number of allylic oxidation sites excluding steroid dienone is 2. The second-order valence-electron chi connectivity index (χ2n) is 10.6. The quantitative estimate of drug-likeness (QED) is 0.0626. The van der Waals surface area contributed by atoms with Crippen LogP contribution in [0.1, 0.15) is 104 Å². The van der Waals surface area contributed by atoms with Crippen LogP contribution in [0.4, 0.5) is 0 Å². The highest BCUT2D eigenvalue weighted by atomic mass is 17.0. The lowest BCUT2D eigenvalue weighted by molar-refractivity contribution is -0.767. The Labute approximate surface area is 231 Å². The largest absolute Gasteiger partial charge is 0.462 e. The third kappa shape index (κ3) is 15.0. The number of aliphatic hydroxyl groups is 2. The van der Waals surface area contributed by atoms with Crippen LogP contribution in [0.2, 0.25) is 0 Å². The van der Waals surface area contributed by atoms with E-state index in [9.17, 15) is 34.7 Å². The molecule has 0 spiro atoms. The fraction of sp³-hybridized carbons (Fsp3) is 0.821. The number of Topliss-reactive ketones (excluding diaryl/α,β-unsaturated/α-hetero) is 1. The van der Waals surface area contributed by atoms with Gasteiger partial charge in [0.1, 0.15) is 24.5 Å². The van der Waals surface area contributed by atoms with Crippen molar-refractivity contribution in [2.45, 2.75) is 129 Å². The minimum absolute atomic E-state index is 0.0951. The number of nitrogens with one attached hydrogen (secondary N) is 1. The number of aliphatic hydroxyl groups excluding tert-OH is 2. The number of ketones is 1. The Balaban J connectivity index is 2.29. The summed E-state index contributed by atoms with van der Waals surface area (Å²) in [6.07, 6.45) is 11.3. The van der Waals surface area contributed by atoms with Crippen LogP contribution >= 0.6 is 0 Å². The Morgan fingerprint density at radius 1 is 1.00 bits per heavy atom. The van der Waals surface area contributed by atoms with Crippen molar-refractivity contribution < 1.29 is 39.3 Å². The molecule has 3 N–H and O–H groups in total. The maximum Gasteiger partial charge on any atom is 0.328 e. The average Bonchev–Trinajstić information content (AvgIpc) is 3.14. The second-order valence-corrected chi connectivity index (χ2v) is 10.6. The van der Waals surface area contributed by atoms with E-state index < -0.39 is 35.4 Å². The Hall–Kier alpha value is -2.53. The number of carbonyl (C=O) groups is 3. The molecule has 0 radical (unpaired) electrons. The first-order valence-corrected chi connectivity index (χ1v) is 14.3. The molecule has 1 aliphatic carbocycles. The van der Waals surface area contributed by atoms with Gasteiger partial charge in [0.25, 0.3) is 5.09 Å². The molecule has 1 saturated carbocycles. The van der Waals surface area contributed by atoms with Gasteiger partial charge in [-0.1, -0.05) is 44.8 Å². The van der Waals surface area contributed by atoms with Gasteiger partial charge in [0.15, 0.2) is 0 Å². The van der Waals surface area contributed by atoms with E-state index in [4.69, 9.17) is 4.74 Å². The van der Waals surface area contributed by atoms with Crippen LogP contribution in [0.25, 0.3) is 0 Å². The first-order valence-electron chi connectivity index (χ1n) is 14.3. The summed E-state index contributed by atoms with van der Waals surface area (Å²) in [5, 5.41) is 32.7. The average molecular weight is 557 g/mol. The zero-order valence-electron chi connectivity index (χ0n) is 23.7. The van der Waals surface area contributed by atoms with Gasteiger partial charge in [-0.2, -0.15) is 0 Å². The molecule has 11 nitrogen and oxygen atoms in total. The normalized spacial score (nSPS) is 22.4. The number of rotatable bonds is 21. The zero-order chi connectivity index (χ0) is 29.2. The first kappa shape index (κ1) is 34.5. The van der Waals surface area contributed by atoms with Crippen LogP contribution in [-0.4, -0.2) is 63.9 Å². The minimum Gasteiger partial charge on any atom is -0.462 e. The van der Waals surface area contributed by atoms with Crippen LogP contribution < -0.4 is 5.32 Å². The lowest BCUT2D eigenvalue weighted by Gasteiger charge is -2.22. The van der Waals surface area contributed by atoms with Crippen molar-refractivity contribution in [3.63, 3.8) is 0 Å². The first-order chi connectivity index (χ1) is 18.5. The number of hydrogen-bond acceptors (Lipinski definition) is 9. The summed E-state index contributed by atoms with van der Waals surface area (Å²) in [5.41, 5.74) is 0. The van der Waals surface area contributed by atoms with Gasteiger partial charge in [0.2, 0.25) is 5.91 Å². The molecule has 6 atom stereocenters. The maximum absolute atomic E-state index is 12.3. The van der Waals surface area contributed by atoms with Gasteiger partial charge in [0, 0.05) is 19.3 Å². The third-order valence-electron chi connectivity index (χ3n) is 7.14. The number of unbranched alkanes of at least 4 members (excludes halogenated alkanes) is 5. The predicted molar refractivity (Wildman–Crippen MR) is 145 cm³/mol. The van der Waals surface area contributed by atoms with E-state index in [-0.39, 0.29) is 36.6 Å². The van der Waals surface area contributed by atoms with Gasteiger partial charge >= 0.3 is 5.97 Å². The number of ether oxygens (including phenoxy) is 1. The van der Waals surface area contributed by atoms with Gasteiger partial charge in [-0.25, -0.2) is 4.79 Å². The molecule has 224 valence electrons. The molecular weight excluding hydrogens is 508 g/mol. The Kier molecular flexibility index (Phi) is 17.3. The summed E-state index contributed by atoms with van der Waals surface area (Å²) in [5.74, 6) is -0.986. The van der Waals surface area contributed by atoms with Crippen LogP contribution in [-0.2, 0) is 24.0 Å². The monoisotopic (exact) mass is 556 g/mol. The molecule has 0 aliphatic heterocycles. The summed E-state index contributed by atoms with van der Waals surface area (Å²) in [7, 11) is 0. The van der Waals surface area contributed by atoms with E-state index >= 15 is 0 Å². The van der Waals surface area contributed by atoms with E-state index in [2.05, 4.69) is 17.1 Å². The van der Waals surface area contributed by atoms with Crippen LogP contribution in [0.15, 0.2) is 12.2 Å². The molecule has 0 aromatic carbocycles. The number of amides is 1. The third-order valence-corrected chi connectivity index (χ3v) is 7.14. The standard InChI is InChI=1S/C28H48N2O9/c1-4-5-6-7-10-13-22(31)16-17-24-23(25(32)18-26(24)33)14-11-8-9-12-15-27(34)29-21(3)28(35)38-19-20(2)39-30(36)37/h8,11,20-21,23-26,32-33H,4-7,9-10,12-19H2,1-3H3,(H,29,34)/b11-8-/t20?,21?,23-,24-,25+,26-/m1/s1. The summed E-state index contributed by atoms with van der Waals surface area (Å²) in [6.45, 7) is 4.72. The number of nitrogens with zero attached hydrogens (tertiary/aromatic N) is 1. The lowest BCUT2D eigenvalue weighted by Crippen LogP contribution is -2.40. The molecule has 0 heterocycles. The van der Waals surface area contributed by atoms with E-state index in [0.717, 1.165) is 19.3 Å². The maximum atomic E-state index is 12.3. The summed E-state index contributed by atoms with van der Waals surface area (Å²) < 4.78 is 4.91. The summed E-state index contributed by atoms with van der Waals surface area (Å²) in [6, 6.07) is -0.893. The molecule has 1 aliphatic rings. The molecule has 1 amide bonds. The molecule has 39 heavy (non-hydrogen) atoms. The van der Waals surface area contributed by atoms with Gasteiger partial charge in [0.05, 0.1) is 12.2 Å². The number of esters is 1. The Morgan fingerprint density at radius 2 is 1.69 bits per heavy atom. The fourth-order valence-electron chi connectivity index (χ4n) is 4.91. The van der Waals surface area contributed by atoms with Gasteiger partial charge in [-0.15, -0.1) is 10.1 Å². The van der Waals surface area contributed by atoms with Crippen LogP contribution in [0.5, 0.6) is 0 Å². The predicted octanol–water partition coefficient (Wildman–Crippen LogP) is 3.82. The molecule has 1 rings (SSSR count). The second kappa shape index (κ2) is 19.5. The number of carbonyl (C=O) groups excluding carboxylic acids is 3. The molecule has 11 heteroatoms. The van der Waals surface area contributed by atoms with Crippen LogP contribution in [0, 0.1) is 22.0 Å². The van der Waals surface area contributed by atoms with Gasteiger partial charge in [-0.05, 0) is 64.2 Å². The summed E-state index contributed by atoms with van der Waals surface area (Å²) >= 11 is 0. The van der Waals surface area contributed by atoms with Crippen molar-refractivity contribution in [3.05, 3.63) is 22.3 Å². The van der Waals surface area contributed by atoms with Crippen molar-refractivity contribution >= 4 is 17.7 Å². The molecule has 0 saturated heterocycles. The zero-order valence-corrected chi connectivity index (χ0v) is 23.7. The molecule has 1 fully saturated rings. The van der Waals surface area contributed by atoms with Crippen molar-refractivity contribution in [3.8, 4) is 0 Å².